The number of fused-ring (bicyclic) bond motifs is 2. The van der Waals surface area contributed by atoms with Crippen LogP contribution in [0.5, 0.6) is 0 Å². The molecule has 0 radical (unpaired) electrons. The van der Waals surface area contributed by atoms with Crippen molar-refractivity contribution in [2.75, 3.05) is 41.1 Å². The van der Waals surface area contributed by atoms with Gasteiger partial charge in [-0.3, -0.25) is 15.1 Å². The van der Waals surface area contributed by atoms with Crippen LogP contribution in [0.4, 0.5) is 17.1 Å². The van der Waals surface area contributed by atoms with Crippen LogP contribution in [0.2, 0.25) is 0 Å². The van der Waals surface area contributed by atoms with Crippen molar-refractivity contribution in [1.82, 2.24) is 5.43 Å². The fraction of sp³-hybridized carbons (Fsp3) is 0.396. The number of rotatable bonds is 24. The molecule has 3 aromatic carbocycles. The Bertz CT molecular complexity index is 3180. The molecule has 1 atom stereocenters. The molecule has 0 saturated heterocycles. The molecular formula is C48H53N4Na5O17S5. The molecule has 0 fully saturated rings. The van der Waals surface area contributed by atoms with E-state index in [0.29, 0.717) is 75.8 Å². The molecule has 1 unspecified atom stereocenters. The number of anilines is 2. The van der Waals surface area contributed by atoms with E-state index in [1.165, 1.54) is 23.2 Å². The molecule has 4 aliphatic rings. The molecule has 1 aliphatic carbocycles. The van der Waals surface area contributed by atoms with Gasteiger partial charge >= 0.3 is 148 Å². The summed E-state index contributed by atoms with van der Waals surface area (Å²) >= 11 is 1.41. The van der Waals surface area contributed by atoms with Crippen LogP contribution in [0, 0.1) is 0 Å². The Morgan fingerprint density at radius 1 is 0.734 bits per heavy atom. The van der Waals surface area contributed by atoms with E-state index in [0.717, 1.165) is 40.2 Å². The van der Waals surface area contributed by atoms with Gasteiger partial charge in [-0.1, -0.05) is 26.0 Å². The standard InChI is InChI=1S/C48H58N4O17S5.5Na/c1-6-65-45-44(46(53)52(49-45)33-15-17-34(18-16-33)70-68-66-54)43-31(13-23-41-47(2,3)37-29-35(71-69-67-55)19-21-39(37)50(41)25-7-9-27-72(56,57)58)11-12-32(43)14-24-42-48(4,5)38-30-36(74(62,63)64)20-22-40(38)51(42)26-8-10-28-73(59,60)61;;;;;/h13-24,29-30,45,49,54-55H,6-12,25-28H2,1-5H3,(H,56,57,58)(H,59,60,61)(H,62,63,64);;;;;/q;5*+1/p-5/b32-14?,42-24+;;;;;. The summed E-state index contributed by atoms with van der Waals surface area (Å²) < 4.78 is 123. The van der Waals surface area contributed by atoms with E-state index in [1.807, 2.05) is 73.6 Å². The zero-order chi connectivity index (χ0) is 53.8. The van der Waals surface area contributed by atoms with E-state index in [4.69, 9.17) is 4.74 Å². The summed E-state index contributed by atoms with van der Waals surface area (Å²) in [4.78, 5) is 2.57. The van der Waals surface area contributed by atoms with Gasteiger partial charge in [0.05, 0.1) is 60.3 Å². The fourth-order valence-electron chi connectivity index (χ4n) is 9.81. The van der Waals surface area contributed by atoms with Crippen LogP contribution < -0.4 is 179 Å². The summed E-state index contributed by atoms with van der Waals surface area (Å²) in [5, 5.41) is 44.6. The Balaban J connectivity index is 0.00000427. The van der Waals surface area contributed by atoms with Crippen LogP contribution >= 0.6 is 24.1 Å². The van der Waals surface area contributed by atoms with Crippen LogP contribution in [-0.2, 0) is 64.7 Å². The average molecular weight is 1230 g/mol. The van der Waals surface area contributed by atoms with Gasteiger partial charge in [-0.2, -0.15) is 18.7 Å². The Hall–Kier alpha value is 0.540. The number of unbranched alkanes of at least 4 members (excludes halogenated alkanes) is 2. The zero-order valence-electron chi connectivity index (χ0n) is 45.8. The molecule has 0 saturated carbocycles. The summed E-state index contributed by atoms with van der Waals surface area (Å²) in [6, 6.07) is 16.1. The first-order valence-electron chi connectivity index (χ1n) is 23.2. The minimum absolute atomic E-state index is 0. The third kappa shape index (κ3) is 18.8. The van der Waals surface area contributed by atoms with Gasteiger partial charge < -0.3 is 38.9 Å². The van der Waals surface area contributed by atoms with Crippen molar-refractivity contribution in [3.63, 3.8) is 0 Å². The van der Waals surface area contributed by atoms with Gasteiger partial charge in [0, 0.05) is 80.9 Å². The predicted octanol–water partition coefficient (Wildman–Crippen LogP) is -10.7. The van der Waals surface area contributed by atoms with E-state index in [9.17, 15) is 54.5 Å². The van der Waals surface area contributed by atoms with E-state index < -0.39 is 69.7 Å². The second-order valence-electron chi connectivity index (χ2n) is 18.6. The molecule has 3 aromatic rings. The SMILES string of the molecule is CCOC1NN(c2ccc(SOO[O-])cc2)C([O-])=C1C1=C(C=CC2=[N+](CCCCS(=O)(=O)[O-])c3ccc(SOO[O-])cc3C2(C)C)CCC1=C/C=C1/N(CCCCS(=O)(=O)[O-])c2ccc(S(=O)(=O)[O-])cc2C1(C)C.[Na+].[Na+].[Na+].[Na+].[Na+]. The Morgan fingerprint density at radius 3 is 1.94 bits per heavy atom. The first-order valence-corrected chi connectivity index (χ1v) is 29.3. The molecule has 31 heteroatoms. The van der Waals surface area contributed by atoms with Crippen LogP contribution in [0.1, 0.15) is 84.3 Å². The number of ether oxygens (including phenoxy) is 1. The van der Waals surface area contributed by atoms with Crippen molar-refractivity contribution < 1.29 is 230 Å². The quantitative estimate of drug-likeness (QED) is 0.0166. The summed E-state index contributed by atoms with van der Waals surface area (Å²) in [6.45, 7) is 10.3. The maximum atomic E-state index is 15.0. The molecule has 21 nitrogen and oxygen atoms in total. The van der Waals surface area contributed by atoms with Crippen molar-refractivity contribution in [2.45, 2.75) is 105 Å². The first kappa shape index (κ1) is 75.6. The van der Waals surface area contributed by atoms with Gasteiger partial charge in [-0.15, -0.1) is 0 Å². The van der Waals surface area contributed by atoms with Crippen molar-refractivity contribution in [3.05, 3.63) is 130 Å². The first-order chi connectivity index (χ1) is 34.9. The molecule has 3 aliphatic heterocycles. The Labute approximate surface area is 580 Å². The molecular weight excluding hydrogens is 1180 g/mol. The van der Waals surface area contributed by atoms with E-state index in [2.05, 4.69) is 24.2 Å². The normalized spacial score (nSPS) is 18.6. The monoisotopic (exact) mass is 1230 g/mol. The van der Waals surface area contributed by atoms with E-state index >= 15 is 0 Å². The Morgan fingerprint density at radius 2 is 1.34 bits per heavy atom. The Kier molecular flexibility index (Phi) is 31.1. The largest absolute Gasteiger partial charge is 1.00 e. The predicted molar refractivity (Wildman–Crippen MR) is 264 cm³/mol. The smallest absolute Gasteiger partial charge is 0.859 e. The summed E-state index contributed by atoms with van der Waals surface area (Å²) in [6.07, 6.45) is 8.28. The number of nitrogens with one attached hydrogen (secondary N) is 1. The maximum Gasteiger partial charge on any atom is 1.00 e. The van der Waals surface area contributed by atoms with Gasteiger partial charge in [-0.25, -0.2) is 25.3 Å². The van der Waals surface area contributed by atoms with Crippen molar-refractivity contribution in [1.29, 1.82) is 0 Å². The van der Waals surface area contributed by atoms with Crippen LogP contribution in [0.25, 0.3) is 0 Å². The maximum absolute atomic E-state index is 15.0. The van der Waals surface area contributed by atoms with Crippen LogP contribution in [0.15, 0.2) is 134 Å². The third-order valence-electron chi connectivity index (χ3n) is 13.2. The number of hydrogen-bond donors (Lipinski definition) is 1. The molecule has 0 spiro atoms. The van der Waals surface area contributed by atoms with Gasteiger partial charge in [-0.05, 0) is 142 Å². The molecule has 0 amide bonds. The minimum atomic E-state index is -4.85. The molecule has 1 N–H and O–H groups in total. The summed E-state index contributed by atoms with van der Waals surface area (Å²) in [5.41, 5.74) is 8.56. The number of nitrogens with zero attached hydrogens (tertiary/aromatic N) is 3. The third-order valence-corrected chi connectivity index (χ3v) is 16.8. The van der Waals surface area contributed by atoms with Crippen molar-refractivity contribution in [2.24, 2.45) is 0 Å². The average Bonchev–Trinajstić information content (AvgIpc) is 4.00. The second-order valence-corrected chi connectivity index (χ2v) is 24.6. The number of allylic oxidation sites excluding steroid dienone is 7. The van der Waals surface area contributed by atoms with E-state index in [-0.39, 0.29) is 186 Å². The molecule has 402 valence electrons. The molecule has 7 rings (SSSR count). The van der Waals surface area contributed by atoms with Crippen LogP contribution in [-0.4, -0.2) is 86.6 Å². The molecule has 3 heterocycles. The fourth-order valence-corrected chi connectivity index (χ4v) is 12.2. The second kappa shape index (κ2) is 32.5. The summed E-state index contributed by atoms with van der Waals surface area (Å²) in [7, 11) is -13.8. The van der Waals surface area contributed by atoms with Gasteiger partial charge in [0.25, 0.3) is 0 Å². The number of benzene rings is 3. The van der Waals surface area contributed by atoms with Gasteiger partial charge in [0.1, 0.15) is 16.7 Å². The van der Waals surface area contributed by atoms with E-state index in [1.54, 1.807) is 37.3 Å². The summed E-state index contributed by atoms with van der Waals surface area (Å²) in [5.74, 6) is -1.55. The van der Waals surface area contributed by atoms with Crippen molar-refractivity contribution in [3.8, 4) is 0 Å². The topological polar surface area (TPSA) is 308 Å². The van der Waals surface area contributed by atoms with Crippen molar-refractivity contribution >= 4 is 77.2 Å². The van der Waals surface area contributed by atoms with Gasteiger partial charge in [0.2, 0.25) is 5.69 Å². The van der Waals surface area contributed by atoms with Gasteiger partial charge in [0.15, 0.2) is 11.9 Å². The molecule has 0 aromatic heterocycles. The number of hydrogen-bond acceptors (Lipinski definition) is 22. The zero-order valence-corrected chi connectivity index (χ0v) is 59.8. The minimum Gasteiger partial charge on any atom is -0.859 e. The number of hydrazine groups is 1. The molecule has 79 heavy (non-hydrogen) atoms. The molecule has 0 bridgehead atoms. The van der Waals surface area contributed by atoms with Crippen LogP contribution in [0.3, 0.4) is 0 Å².